The molecule has 7 nitrogen and oxygen atoms in total. The Kier molecular flexibility index (Phi) is 4.06. The van der Waals surface area contributed by atoms with Gasteiger partial charge in [0.15, 0.2) is 5.69 Å². The zero-order valence-corrected chi connectivity index (χ0v) is 12.3. The maximum absolute atomic E-state index is 12.3. The number of nitrogens with one attached hydrogen (secondary N) is 2. The molecule has 2 heterocycles. The Bertz CT molecular complexity index is 691. The van der Waals surface area contributed by atoms with Gasteiger partial charge < -0.3 is 15.0 Å². The van der Waals surface area contributed by atoms with E-state index in [0.29, 0.717) is 32.0 Å². The average molecular weight is 302 g/mol. The third-order valence-electron chi connectivity index (χ3n) is 3.73. The number of aromatic amines is 1. The largest absolute Gasteiger partial charge is 0.378 e. The zero-order chi connectivity index (χ0) is 15.5. The Morgan fingerprint density at radius 3 is 2.82 bits per heavy atom. The molecule has 1 aromatic heterocycles. The molecule has 1 unspecified atom stereocenters. The number of hydrogen-bond donors (Lipinski definition) is 2. The summed E-state index contributed by atoms with van der Waals surface area (Å²) >= 11 is 0. The van der Waals surface area contributed by atoms with E-state index in [9.17, 15) is 9.59 Å². The SMILES string of the molecule is CC(NC(=O)c1n[nH]c2ccccc12)C(=O)N1CCOCC1. The number of morpholine rings is 1. The van der Waals surface area contributed by atoms with Crippen LogP contribution in [-0.4, -0.2) is 59.3 Å². The number of H-pyrrole nitrogens is 1. The molecule has 1 saturated heterocycles. The van der Waals surface area contributed by atoms with Crippen LogP contribution in [0.5, 0.6) is 0 Å². The highest BCUT2D eigenvalue weighted by Crippen LogP contribution is 2.15. The van der Waals surface area contributed by atoms with Crippen molar-refractivity contribution >= 4 is 22.7 Å². The lowest BCUT2D eigenvalue weighted by Gasteiger charge is -2.29. The maximum Gasteiger partial charge on any atom is 0.273 e. The van der Waals surface area contributed by atoms with Gasteiger partial charge in [-0.25, -0.2) is 0 Å². The number of hydrogen-bond acceptors (Lipinski definition) is 4. The van der Waals surface area contributed by atoms with E-state index in [-0.39, 0.29) is 11.8 Å². The minimum Gasteiger partial charge on any atom is -0.378 e. The molecule has 1 fully saturated rings. The highest BCUT2D eigenvalue weighted by atomic mass is 16.5. The monoisotopic (exact) mass is 302 g/mol. The summed E-state index contributed by atoms with van der Waals surface area (Å²) in [7, 11) is 0. The first-order valence-electron chi connectivity index (χ1n) is 7.27. The van der Waals surface area contributed by atoms with Crippen molar-refractivity contribution in [2.75, 3.05) is 26.3 Å². The Morgan fingerprint density at radius 2 is 2.05 bits per heavy atom. The minimum atomic E-state index is -0.596. The van der Waals surface area contributed by atoms with Crippen LogP contribution in [-0.2, 0) is 9.53 Å². The molecule has 1 aliphatic rings. The summed E-state index contributed by atoms with van der Waals surface area (Å²) in [5.74, 6) is -0.456. The van der Waals surface area contributed by atoms with Crippen LogP contribution < -0.4 is 5.32 Å². The fourth-order valence-electron chi connectivity index (χ4n) is 2.52. The molecule has 2 aromatic rings. The van der Waals surface area contributed by atoms with Crippen LogP contribution in [0, 0.1) is 0 Å². The topological polar surface area (TPSA) is 87.3 Å². The van der Waals surface area contributed by atoms with E-state index >= 15 is 0 Å². The lowest BCUT2D eigenvalue weighted by atomic mass is 10.2. The first kappa shape index (κ1) is 14.5. The van der Waals surface area contributed by atoms with Gasteiger partial charge in [0.05, 0.1) is 18.7 Å². The van der Waals surface area contributed by atoms with Crippen LogP contribution in [0.15, 0.2) is 24.3 Å². The van der Waals surface area contributed by atoms with Gasteiger partial charge in [-0.3, -0.25) is 14.7 Å². The molecular weight excluding hydrogens is 284 g/mol. The highest BCUT2D eigenvalue weighted by Gasteiger charge is 2.25. The molecule has 2 amide bonds. The first-order valence-corrected chi connectivity index (χ1v) is 7.27. The van der Waals surface area contributed by atoms with Gasteiger partial charge in [0.2, 0.25) is 5.91 Å². The predicted octanol–water partition coefficient (Wildman–Crippen LogP) is 0.540. The standard InChI is InChI=1S/C15H18N4O3/c1-10(15(21)19-6-8-22-9-7-19)16-14(20)13-11-4-2-3-5-12(11)17-18-13/h2-5,10H,6-9H2,1H3,(H,16,20)(H,17,18). The second kappa shape index (κ2) is 6.15. The van der Waals surface area contributed by atoms with E-state index in [0.717, 1.165) is 10.9 Å². The Morgan fingerprint density at radius 1 is 1.32 bits per heavy atom. The quantitative estimate of drug-likeness (QED) is 0.866. The van der Waals surface area contributed by atoms with Crippen molar-refractivity contribution in [3.8, 4) is 0 Å². The van der Waals surface area contributed by atoms with Crippen LogP contribution >= 0.6 is 0 Å². The summed E-state index contributed by atoms with van der Waals surface area (Å²) in [4.78, 5) is 26.3. The molecule has 22 heavy (non-hydrogen) atoms. The summed E-state index contributed by atoms with van der Waals surface area (Å²) in [6.07, 6.45) is 0. The van der Waals surface area contributed by atoms with Gasteiger partial charge in [0.25, 0.3) is 5.91 Å². The molecule has 116 valence electrons. The fraction of sp³-hybridized carbons (Fsp3) is 0.400. The van der Waals surface area contributed by atoms with Crippen LogP contribution in [0.25, 0.3) is 10.9 Å². The summed E-state index contributed by atoms with van der Waals surface area (Å²) < 4.78 is 5.22. The molecule has 0 radical (unpaired) electrons. The number of aromatic nitrogens is 2. The number of rotatable bonds is 3. The predicted molar refractivity (Wildman–Crippen MR) is 80.4 cm³/mol. The summed E-state index contributed by atoms with van der Waals surface area (Å²) in [6.45, 7) is 3.88. The van der Waals surface area contributed by atoms with E-state index in [1.807, 2.05) is 24.3 Å². The lowest BCUT2D eigenvalue weighted by Crippen LogP contribution is -2.50. The smallest absolute Gasteiger partial charge is 0.273 e. The summed E-state index contributed by atoms with van der Waals surface area (Å²) in [5.41, 5.74) is 1.09. The van der Waals surface area contributed by atoms with E-state index in [1.165, 1.54) is 0 Å². The molecule has 3 rings (SSSR count). The number of nitrogens with zero attached hydrogens (tertiary/aromatic N) is 2. The highest BCUT2D eigenvalue weighted by molar-refractivity contribution is 6.05. The van der Waals surface area contributed by atoms with Crippen LogP contribution in [0.2, 0.25) is 0 Å². The zero-order valence-electron chi connectivity index (χ0n) is 12.3. The normalized spacial score (nSPS) is 16.5. The van der Waals surface area contributed by atoms with Crippen molar-refractivity contribution in [1.82, 2.24) is 20.4 Å². The van der Waals surface area contributed by atoms with Gasteiger partial charge in [-0.2, -0.15) is 5.10 Å². The molecular formula is C15H18N4O3. The second-order valence-corrected chi connectivity index (χ2v) is 5.25. The van der Waals surface area contributed by atoms with Crippen molar-refractivity contribution in [1.29, 1.82) is 0 Å². The van der Waals surface area contributed by atoms with Crippen molar-refractivity contribution < 1.29 is 14.3 Å². The van der Waals surface area contributed by atoms with Crippen molar-refractivity contribution in [3.05, 3.63) is 30.0 Å². The fourth-order valence-corrected chi connectivity index (χ4v) is 2.52. The van der Waals surface area contributed by atoms with Gasteiger partial charge in [0.1, 0.15) is 6.04 Å². The van der Waals surface area contributed by atoms with Gasteiger partial charge in [-0.15, -0.1) is 0 Å². The summed E-state index contributed by atoms with van der Waals surface area (Å²) in [6, 6.07) is 6.79. The number of fused-ring (bicyclic) bond motifs is 1. The van der Waals surface area contributed by atoms with Crippen molar-refractivity contribution in [2.45, 2.75) is 13.0 Å². The third kappa shape index (κ3) is 2.80. The lowest BCUT2D eigenvalue weighted by molar-refractivity contribution is -0.136. The number of carbonyl (C=O) groups excluding carboxylic acids is 2. The van der Waals surface area contributed by atoms with Crippen LogP contribution in [0.1, 0.15) is 17.4 Å². The first-order chi connectivity index (χ1) is 10.7. The molecule has 2 N–H and O–H groups in total. The van der Waals surface area contributed by atoms with Crippen molar-refractivity contribution in [3.63, 3.8) is 0 Å². The molecule has 1 aromatic carbocycles. The molecule has 1 aliphatic heterocycles. The minimum absolute atomic E-state index is 0.100. The maximum atomic E-state index is 12.3. The van der Waals surface area contributed by atoms with E-state index < -0.39 is 6.04 Å². The van der Waals surface area contributed by atoms with Gasteiger partial charge in [0, 0.05) is 18.5 Å². The van der Waals surface area contributed by atoms with Crippen LogP contribution in [0.4, 0.5) is 0 Å². The second-order valence-electron chi connectivity index (χ2n) is 5.25. The third-order valence-corrected chi connectivity index (χ3v) is 3.73. The Hall–Kier alpha value is -2.41. The number of ether oxygens (including phenoxy) is 1. The molecule has 0 spiro atoms. The number of para-hydroxylation sites is 1. The molecule has 0 bridgehead atoms. The number of benzene rings is 1. The van der Waals surface area contributed by atoms with Gasteiger partial charge in [-0.1, -0.05) is 18.2 Å². The average Bonchev–Trinajstić information content (AvgIpc) is 2.99. The molecule has 1 atom stereocenters. The van der Waals surface area contributed by atoms with Crippen LogP contribution in [0.3, 0.4) is 0 Å². The van der Waals surface area contributed by atoms with Gasteiger partial charge in [-0.05, 0) is 13.0 Å². The molecule has 0 aliphatic carbocycles. The van der Waals surface area contributed by atoms with Crippen molar-refractivity contribution in [2.24, 2.45) is 0 Å². The van der Waals surface area contributed by atoms with Gasteiger partial charge >= 0.3 is 0 Å². The van der Waals surface area contributed by atoms with E-state index in [4.69, 9.17) is 4.74 Å². The summed E-state index contributed by atoms with van der Waals surface area (Å²) in [5, 5.41) is 10.3. The van der Waals surface area contributed by atoms with E-state index in [2.05, 4.69) is 15.5 Å². The molecule has 7 heteroatoms. The number of carbonyl (C=O) groups is 2. The molecule has 0 saturated carbocycles. The Labute approximate surface area is 127 Å². The Balaban J connectivity index is 1.69. The van der Waals surface area contributed by atoms with E-state index in [1.54, 1.807) is 11.8 Å². The number of amides is 2.